The topological polar surface area (TPSA) is 76.8 Å². The van der Waals surface area contributed by atoms with Crippen LogP contribution in [0.25, 0.3) is 0 Å². The molecule has 0 bridgehead atoms. The fraction of sp³-hybridized carbons (Fsp3) is 0.556. The predicted molar refractivity (Wildman–Crippen MR) is 90.6 cm³/mol. The first-order chi connectivity index (χ1) is 11.4. The van der Waals surface area contributed by atoms with E-state index in [9.17, 15) is 9.90 Å². The molecule has 0 spiro atoms. The summed E-state index contributed by atoms with van der Waals surface area (Å²) in [7, 11) is 0. The van der Waals surface area contributed by atoms with Crippen LogP contribution < -0.4 is 4.74 Å². The molecule has 1 N–H and O–H groups in total. The summed E-state index contributed by atoms with van der Waals surface area (Å²) >= 11 is 0. The minimum atomic E-state index is -0.715. The number of hydrogen-bond acceptors (Lipinski definition) is 5. The summed E-state index contributed by atoms with van der Waals surface area (Å²) in [5.41, 5.74) is 0.214. The zero-order valence-electron chi connectivity index (χ0n) is 14.4. The number of ether oxygens (including phenoxy) is 1. The third-order valence-electron chi connectivity index (χ3n) is 3.90. The van der Waals surface area contributed by atoms with Crippen molar-refractivity contribution in [2.75, 3.05) is 39.3 Å². The maximum absolute atomic E-state index is 12.2. The van der Waals surface area contributed by atoms with Crippen LogP contribution in [0.3, 0.4) is 0 Å². The van der Waals surface area contributed by atoms with E-state index in [-0.39, 0.29) is 12.5 Å². The largest absolute Gasteiger partial charge is 0.484 e. The Labute approximate surface area is 143 Å². The van der Waals surface area contributed by atoms with Gasteiger partial charge in [0.15, 0.2) is 6.61 Å². The first kappa shape index (κ1) is 18.2. The number of piperazine rings is 1. The second kappa shape index (κ2) is 8.13. The van der Waals surface area contributed by atoms with E-state index in [1.165, 1.54) is 0 Å². The van der Waals surface area contributed by atoms with Gasteiger partial charge in [0, 0.05) is 32.7 Å². The maximum atomic E-state index is 12.2. The highest BCUT2D eigenvalue weighted by Gasteiger charge is 2.25. The summed E-state index contributed by atoms with van der Waals surface area (Å²) in [6.45, 7) is 7.04. The van der Waals surface area contributed by atoms with Gasteiger partial charge in [-0.1, -0.05) is 12.1 Å². The van der Waals surface area contributed by atoms with Gasteiger partial charge in [-0.05, 0) is 31.5 Å². The number of amides is 1. The molecule has 1 aliphatic heterocycles. The molecular formula is C18H25N3O3. The molecule has 1 heterocycles. The van der Waals surface area contributed by atoms with Crippen LogP contribution in [0.5, 0.6) is 5.75 Å². The molecule has 0 radical (unpaired) electrons. The van der Waals surface area contributed by atoms with Gasteiger partial charge in [-0.25, -0.2) is 0 Å². The second-order valence-corrected chi connectivity index (χ2v) is 6.74. The van der Waals surface area contributed by atoms with Crippen molar-refractivity contribution in [2.45, 2.75) is 25.9 Å². The lowest BCUT2D eigenvalue weighted by molar-refractivity contribution is -0.135. The minimum absolute atomic E-state index is 0.0170. The van der Waals surface area contributed by atoms with Crippen molar-refractivity contribution in [2.24, 2.45) is 0 Å². The molecule has 0 unspecified atom stereocenters. The standard InChI is InChI=1S/C18H25N3O3/c1-18(2,23)14-20-9-11-21(12-10-20)17(22)13-24-16-5-3-15(4-6-16)7-8-19/h3-6,23H,7,9-14H2,1-2H3. The maximum Gasteiger partial charge on any atom is 0.260 e. The van der Waals surface area contributed by atoms with Crippen molar-refractivity contribution in [1.82, 2.24) is 9.80 Å². The molecule has 1 saturated heterocycles. The van der Waals surface area contributed by atoms with Crippen molar-refractivity contribution >= 4 is 5.91 Å². The molecule has 0 aliphatic carbocycles. The number of aliphatic hydroxyl groups is 1. The smallest absolute Gasteiger partial charge is 0.260 e. The zero-order valence-corrected chi connectivity index (χ0v) is 14.4. The SMILES string of the molecule is CC(C)(O)CN1CCN(C(=O)COc2ccc(CC#N)cc2)CC1. The number of hydrogen-bond donors (Lipinski definition) is 1. The summed E-state index contributed by atoms with van der Waals surface area (Å²) in [5.74, 6) is 0.602. The number of carbonyl (C=O) groups is 1. The number of rotatable bonds is 6. The molecule has 1 aliphatic rings. The number of benzene rings is 1. The Morgan fingerprint density at radius 3 is 2.42 bits per heavy atom. The van der Waals surface area contributed by atoms with Crippen LogP contribution in [0.2, 0.25) is 0 Å². The summed E-state index contributed by atoms with van der Waals surface area (Å²) < 4.78 is 5.53. The van der Waals surface area contributed by atoms with Crippen molar-refractivity contribution in [1.29, 1.82) is 5.26 Å². The molecule has 0 aromatic heterocycles. The highest BCUT2D eigenvalue weighted by molar-refractivity contribution is 5.77. The van der Waals surface area contributed by atoms with Gasteiger partial charge in [-0.2, -0.15) is 5.26 Å². The summed E-state index contributed by atoms with van der Waals surface area (Å²) in [6, 6.07) is 9.31. The van der Waals surface area contributed by atoms with Gasteiger partial charge in [-0.15, -0.1) is 0 Å². The monoisotopic (exact) mass is 331 g/mol. The number of nitriles is 1. The first-order valence-corrected chi connectivity index (χ1v) is 8.18. The van der Waals surface area contributed by atoms with E-state index < -0.39 is 5.60 Å². The van der Waals surface area contributed by atoms with Gasteiger partial charge in [0.05, 0.1) is 18.1 Å². The average Bonchev–Trinajstić information content (AvgIpc) is 2.53. The van der Waals surface area contributed by atoms with Gasteiger partial charge < -0.3 is 14.7 Å². The molecule has 130 valence electrons. The van der Waals surface area contributed by atoms with Crippen molar-refractivity contribution in [3.05, 3.63) is 29.8 Å². The Morgan fingerprint density at radius 1 is 1.25 bits per heavy atom. The third-order valence-corrected chi connectivity index (χ3v) is 3.90. The second-order valence-electron chi connectivity index (χ2n) is 6.74. The lowest BCUT2D eigenvalue weighted by atomic mass is 10.1. The molecule has 1 aromatic rings. The van der Waals surface area contributed by atoms with Gasteiger partial charge in [0.1, 0.15) is 5.75 Å². The van der Waals surface area contributed by atoms with Gasteiger partial charge >= 0.3 is 0 Å². The van der Waals surface area contributed by atoms with Crippen LogP contribution in [0.15, 0.2) is 24.3 Å². The molecule has 1 aromatic carbocycles. The Bertz CT molecular complexity index is 579. The Hall–Kier alpha value is -2.10. The van der Waals surface area contributed by atoms with Crippen LogP contribution in [0.4, 0.5) is 0 Å². The van der Waals surface area contributed by atoms with Gasteiger partial charge in [0.25, 0.3) is 5.91 Å². The van der Waals surface area contributed by atoms with E-state index in [0.717, 1.165) is 18.7 Å². The van der Waals surface area contributed by atoms with Crippen LogP contribution >= 0.6 is 0 Å². The lowest BCUT2D eigenvalue weighted by Gasteiger charge is -2.37. The molecule has 6 heteroatoms. The molecule has 0 saturated carbocycles. The van der Waals surface area contributed by atoms with Gasteiger partial charge in [-0.3, -0.25) is 9.69 Å². The van der Waals surface area contributed by atoms with Crippen LogP contribution in [-0.2, 0) is 11.2 Å². The molecule has 0 atom stereocenters. The quantitative estimate of drug-likeness (QED) is 0.843. The van der Waals surface area contributed by atoms with E-state index in [1.54, 1.807) is 30.9 Å². The number of β-amino-alcohol motifs (C(OH)–C–C–N with tert-alkyl or cyclic N) is 1. The highest BCUT2D eigenvalue weighted by atomic mass is 16.5. The molecule has 24 heavy (non-hydrogen) atoms. The van der Waals surface area contributed by atoms with E-state index in [1.807, 2.05) is 12.1 Å². The Morgan fingerprint density at radius 2 is 1.88 bits per heavy atom. The summed E-state index contributed by atoms with van der Waals surface area (Å²) in [6.07, 6.45) is 0.369. The van der Waals surface area contributed by atoms with Crippen molar-refractivity contribution in [3.8, 4) is 11.8 Å². The molecule has 1 fully saturated rings. The van der Waals surface area contributed by atoms with Gasteiger partial charge in [0.2, 0.25) is 0 Å². The lowest BCUT2D eigenvalue weighted by Crippen LogP contribution is -2.52. The van der Waals surface area contributed by atoms with E-state index in [2.05, 4.69) is 11.0 Å². The normalized spacial score (nSPS) is 15.8. The van der Waals surface area contributed by atoms with Crippen molar-refractivity contribution < 1.29 is 14.6 Å². The van der Waals surface area contributed by atoms with E-state index in [0.29, 0.717) is 31.8 Å². The molecule has 2 rings (SSSR count). The molecular weight excluding hydrogens is 306 g/mol. The average molecular weight is 331 g/mol. The number of nitrogens with zero attached hydrogens (tertiary/aromatic N) is 3. The third kappa shape index (κ3) is 5.84. The van der Waals surface area contributed by atoms with Crippen molar-refractivity contribution in [3.63, 3.8) is 0 Å². The first-order valence-electron chi connectivity index (χ1n) is 8.18. The fourth-order valence-corrected chi connectivity index (χ4v) is 2.73. The molecule has 1 amide bonds. The summed E-state index contributed by atoms with van der Waals surface area (Å²) in [4.78, 5) is 16.2. The predicted octanol–water partition coefficient (Wildman–Crippen LogP) is 1.05. The number of carbonyl (C=O) groups excluding carboxylic acids is 1. The fourth-order valence-electron chi connectivity index (χ4n) is 2.73. The van der Waals surface area contributed by atoms with Crippen LogP contribution in [0.1, 0.15) is 19.4 Å². The Balaban J connectivity index is 1.74. The van der Waals surface area contributed by atoms with Crippen LogP contribution in [0, 0.1) is 11.3 Å². The highest BCUT2D eigenvalue weighted by Crippen LogP contribution is 2.13. The summed E-state index contributed by atoms with van der Waals surface area (Å²) in [5, 5.41) is 18.5. The Kier molecular flexibility index (Phi) is 6.18. The van der Waals surface area contributed by atoms with E-state index in [4.69, 9.17) is 10.00 Å². The van der Waals surface area contributed by atoms with E-state index >= 15 is 0 Å². The van der Waals surface area contributed by atoms with Crippen LogP contribution in [-0.4, -0.2) is 65.7 Å². The minimum Gasteiger partial charge on any atom is -0.484 e. The molecule has 6 nitrogen and oxygen atoms in total. The zero-order chi connectivity index (χ0) is 17.6.